The third-order valence-electron chi connectivity index (χ3n) is 1.30. The highest BCUT2D eigenvalue weighted by Gasteiger charge is 1.91. The van der Waals surface area contributed by atoms with E-state index in [-0.39, 0.29) is 12.5 Å². The molecule has 0 bridgehead atoms. The van der Waals surface area contributed by atoms with Crippen LogP contribution in [0.15, 0.2) is 24.5 Å². The summed E-state index contributed by atoms with van der Waals surface area (Å²) in [5.41, 5.74) is 0. The summed E-state index contributed by atoms with van der Waals surface area (Å²) in [6.07, 6.45) is 4.12. The lowest BCUT2D eigenvalue weighted by atomic mass is 10.7. The number of ether oxygens (including phenoxy) is 1. The first-order valence-corrected chi connectivity index (χ1v) is 4.48. The number of nitrogens with zero attached hydrogens (tertiary/aromatic N) is 1. The van der Waals surface area contributed by atoms with Gasteiger partial charge in [0, 0.05) is 19.5 Å². The third-order valence-corrected chi connectivity index (χ3v) is 1.30. The Kier molecular flexibility index (Phi) is 14.0. The van der Waals surface area contributed by atoms with Gasteiger partial charge in [-0.1, -0.05) is 0 Å². The van der Waals surface area contributed by atoms with Crippen molar-refractivity contribution in [1.29, 1.82) is 0 Å². The van der Waals surface area contributed by atoms with Crippen LogP contribution in [0.1, 0.15) is 0 Å². The highest BCUT2D eigenvalue weighted by atomic mass is 16.5. The molecule has 92 valence electrons. The fraction of sp³-hybridized carbons (Fsp3) is 0.400. The number of hydrogen-bond acceptors (Lipinski definition) is 5. The molecule has 0 atom stereocenters. The SMILES string of the molecule is CNCC(=O)OC.CO.O=Cn1cccc1. The minimum Gasteiger partial charge on any atom is -0.468 e. The van der Waals surface area contributed by atoms with Gasteiger partial charge in [0.1, 0.15) is 0 Å². The monoisotopic (exact) mass is 230 g/mol. The second kappa shape index (κ2) is 13.3. The standard InChI is InChI=1S/C5H5NO.C4H9NO2.CH4O/c7-5-6-3-1-2-4-6;1-5-3-4(6)7-2;1-2/h1-5H;5H,3H2,1-2H3;2H,1H3. The maximum absolute atomic E-state index is 10.1. The van der Waals surface area contributed by atoms with Gasteiger partial charge in [0.15, 0.2) is 0 Å². The van der Waals surface area contributed by atoms with Crippen LogP contribution in [0.4, 0.5) is 0 Å². The van der Waals surface area contributed by atoms with E-state index < -0.39 is 0 Å². The number of methoxy groups -OCH3 is 1. The number of nitrogens with one attached hydrogen (secondary N) is 1. The maximum atomic E-state index is 10.1. The van der Waals surface area contributed by atoms with Crippen molar-refractivity contribution in [3.63, 3.8) is 0 Å². The number of aliphatic hydroxyl groups excluding tert-OH is 1. The van der Waals surface area contributed by atoms with Crippen LogP contribution in [0.5, 0.6) is 0 Å². The first-order chi connectivity index (χ1) is 7.74. The second-order valence-corrected chi connectivity index (χ2v) is 2.34. The van der Waals surface area contributed by atoms with Crippen molar-refractivity contribution in [3.05, 3.63) is 24.5 Å². The topological polar surface area (TPSA) is 80.6 Å². The van der Waals surface area contributed by atoms with Crippen LogP contribution in [0.2, 0.25) is 0 Å². The number of carbonyl (C=O) groups excluding carboxylic acids is 2. The summed E-state index contributed by atoms with van der Waals surface area (Å²) >= 11 is 0. The summed E-state index contributed by atoms with van der Waals surface area (Å²) in [4.78, 5) is 20.0. The molecule has 0 aromatic carbocycles. The molecule has 0 spiro atoms. The number of likely N-dealkylation sites (N-methyl/N-ethyl adjacent to an activating group) is 1. The summed E-state index contributed by atoms with van der Waals surface area (Å²) in [6.45, 7) is 0.288. The zero-order valence-electron chi connectivity index (χ0n) is 9.71. The zero-order valence-corrected chi connectivity index (χ0v) is 9.71. The largest absolute Gasteiger partial charge is 0.468 e. The van der Waals surface area contributed by atoms with Gasteiger partial charge in [0.25, 0.3) is 0 Å². The van der Waals surface area contributed by atoms with E-state index in [0.717, 1.165) is 13.5 Å². The Morgan fingerprint density at radius 1 is 1.44 bits per heavy atom. The average Bonchev–Trinajstić information content (AvgIpc) is 2.85. The quantitative estimate of drug-likeness (QED) is 0.541. The van der Waals surface area contributed by atoms with Gasteiger partial charge in [-0.3, -0.25) is 14.2 Å². The lowest BCUT2D eigenvalue weighted by Gasteiger charge is -1.93. The van der Waals surface area contributed by atoms with Gasteiger partial charge in [0.05, 0.1) is 13.7 Å². The molecule has 0 saturated heterocycles. The predicted octanol–water partition coefficient (Wildman–Crippen LogP) is -0.486. The molecule has 0 aliphatic heterocycles. The molecular formula is C10H18N2O4. The molecule has 1 rings (SSSR count). The molecule has 0 radical (unpaired) electrons. The molecule has 6 nitrogen and oxygen atoms in total. The molecule has 1 aromatic rings. The van der Waals surface area contributed by atoms with Crippen LogP contribution >= 0.6 is 0 Å². The molecule has 0 amide bonds. The molecule has 6 heteroatoms. The summed E-state index contributed by atoms with van der Waals surface area (Å²) in [5.74, 6) is -0.234. The van der Waals surface area contributed by atoms with E-state index in [0.29, 0.717) is 0 Å². The minimum atomic E-state index is -0.234. The van der Waals surface area contributed by atoms with Crippen LogP contribution < -0.4 is 5.32 Å². The van der Waals surface area contributed by atoms with Crippen LogP contribution in [-0.4, -0.2) is 49.9 Å². The van der Waals surface area contributed by atoms with Gasteiger partial charge in [-0.25, -0.2) is 0 Å². The van der Waals surface area contributed by atoms with E-state index in [1.807, 2.05) is 0 Å². The highest BCUT2D eigenvalue weighted by Crippen LogP contribution is 1.81. The van der Waals surface area contributed by atoms with Crippen molar-refractivity contribution in [1.82, 2.24) is 9.88 Å². The third kappa shape index (κ3) is 10.4. The Morgan fingerprint density at radius 3 is 2.12 bits per heavy atom. The summed E-state index contributed by atoms with van der Waals surface area (Å²) < 4.78 is 5.73. The Balaban J connectivity index is 0. The van der Waals surface area contributed by atoms with Gasteiger partial charge < -0.3 is 15.2 Å². The zero-order chi connectivity index (χ0) is 12.8. The second-order valence-electron chi connectivity index (χ2n) is 2.34. The lowest BCUT2D eigenvalue weighted by molar-refractivity contribution is -0.139. The van der Waals surface area contributed by atoms with E-state index in [2.05, 4.69) is 10.1 Å². The maximum Gasteiger partial charge on any atom is 0.319 e. The number of esters is 1. The molecule has 0 fully saturated rings. The van der Waals surface area contributed by atoms with Gasteiger partial charge in [-0.2, -0.15) is 0 Å². The summed E-state index contributed by atoms with van der Waals surface area (Å²) in [6, 6.07) is 3.60. The lowest BCUT2D eigenvalue weighted by Crippen LogP contribution is -2.19. The number of rotatable bonds is 3. The van der Waals surface area contributed by atoms with Crippen LogP contribution in [0.3, 0.4) is 0 Å². The number of carbonyl (C=O) groups is 2. The van der Waals surface area contributed by atoms with Crippen molar-refractivity contribution in [2.75, 3.05) is 27.8 Å². The number of hydrogen-bond donors (Lipinski definition) is 2. The highest BCUT2D eigenvalue weighted by molar-refractivity contribution is 5.71. The van der Waals surface area contributed by atoms with E-state index >= 15 is 0 Å². The Labute approximate surface area is 94.8 Å². The smallest absolute Gasteiger partial charge is 0.319 e. The van der Waals surface area contributed by atoms with Crippen molar-refractivity contribution in [2.45, 2.75) is 0 Å². The van der Waals surface area contributed by atoms with Crippen LogP contribution in [-0.2, 0) is 14.3 Å². The molecule has 0 saturated carbocycles. The first-order valence-electron chi connectivity index (χ1n) is 4.48. The van der Waals surface area contributed by atoms with E-state index in [9.17, 15) is 9.59 Å². The van der Waals surface area contributed by atoms with E-state index in [4.69, 9.17) is 5.11 Å². The number of aliphatic hydroxyl groups is 1. The molecule has 1 heterocycles. The fourth-order valence-electron chi connectivity index (χ4n) is 0.635. The fourth-order valence-corrected chi connectivity index (χ4v) is 0.635. The number of aromatic nitrogens is 1. The molecule has 16 heavy (non-hydrogen) atoms. The summed E-state index contributed by atoms with van der Waals surface area (Å²) in [5, 5.41) is 9.64. The molecule has 0 aliphatic carbocycles. The van der Waals surface area contributed by atoms with E-state index in [1.165, 1.54) is 11.7 Å². The van der Waals surface area contributed by atoms with Gasteiger partial charge in [-0.05, 0) is 19.2 Å². The Morgan fingerprint density at radius 2 is 1.94 bits per heavy atom. The Bertz CT molecular complexity index is 260. The normalized spacial score (nSPS) is 7.75. The van der Waals surface area contributed by atoms with Crippen molar-refractivity contribution >= 4 is 12.4 Å². The Hall–Kier alpha value is -1.66. The van der Waals surface area contributed by atoms with Gasteiger partial charge in [-0.15, -0.1) is 0 Å². The molecule has 2 N–H and O–H groups in total. The molecule has 0 aliphatic rings. The molecular weight excluding hydrogens is 212 g/mol. The van der Waals surface area contributed by atoms with Crippen molar-refractivity contribution in [3.8, 4) is 0 Å². The first kappa shape index (κ1) is 16.8. The molecule has 0 unspecified atom stereocenters. The van der Waals surface area contributed by atoms with Gasteiger partial charge in [0.2, 0.25) is 6.41 Å². The van der Waals surface area contributed by atoms with Crippen molar-refractivity contribution < 1.29 is 19.4 Å². The van der Waals surface area contributed by atoms with E-state index in [1.54, 1.807) is 31.6 Å². The van der Waals surface area contributed by atoms with Crippen LogP contribution in [0.25, 0.3) is 0 Å². The minimum absolute atomic E-state index is 0.234. The predicted molar refractivity (Wildman–Crippen MR) is 60.7 cm³/mol. The van der Waals surface area contributed by atoms with Crippen molar-refractivity contribution in [2.24, 2.45) is 0 Å². The summed E-state index contributed by atoms with van der Waals surface area (Å²) in [7, 11) is 4.05. The van der Waals surface area contributed by atoms with Crippen LogP contribution in [0, 0.1) is 0 Å². The average molecular weight is 230 g/mol. The van der Waals surface area contributed by atoms with Gasteiger partial charge >= 0.3 is 5.97 Å². The molecule has 1 aromatic heterocycles.